The third-order valence-corrected chi connectivity index (χ3v) is 7.81. The molecule has 2 aliphatic rings. The van der Waals surface area contributed by atoms with E-state index in [-0.39, 0.29) is 36.6 Å². The van der Waals surface area contributed by atoms with Crippen molar-refractivity contribution in [3.63, 3.8) is 0 Å². The number of hydrogen-bond acceptors (Lipinski definition) is 5. The van der Waals surface area contributed by atoms with Gasteiger partial charge in [0.2, 0.25) is 5.91 Å². The standard InChI is InChI=1S/C29H35ClN4O4/c1-17-15-18(2)23(21-16-28(3,4)24(35)22(17)21)26(37)34-29(9-11-31-12-10-29)27(38)33-14-13-32-25(36)19-5-7-20(30)8-6-19/h5-8,15,31H,9-14,16H2,1-4H3,(H,32,36)(H,33,38)(H,34,37). The maximum Gasteiger partial charge on any atom is 0.252 e. The van der Waals surface area contributed by atoms with Crippen molar-refractivity contribution in [2.24, 2.45) is 5.41 Å². The van der Waals surface area contributed by atoms with E-state index in [4.69, 9.17) is 11.6 Å². The van der Waals surface area contributed by atoms with Crippen LogP contribution in [0, 0.1) is 19.3 Å². The van der Waals surface area contributed by atoms with Gasteiger partial charge in [-0.1, -0.05) is 31.5 Å². The first kappa shape index (κ1) is 27.8. The molecule has 0 aromatic heterocycles. The average molecular weight is 539 g/mol. The number of hydrogen-bond donors (Lipinski definition) is 4. The second kappa shape index (κ2) is 10.9. The Kier molecular flexibility index (Phi) is 7.95. The Hall–Kier alpha value is -3.23. The smallest absolute Gasteiger partial charge is 0.252 e. The third kappa shape index (κ3) is 5.47. The fraction of sp³-hybridized carbons (Fsp3) is 0.448. The summed E-state index contributed by atoms with van der Waals surface area (Å²) in [5.74, 6) is -0.834. The Balaban J connectivity index is 1.46. The summed E-state index contributed by atoms with van der Waals surface area (Å²) in [6.07, 6.45) is 1.35. The highest BCUT2D eigenvalue weighted by atomic mass is 35.5. The highest BCUT2D eigenvalue weighted by Gasteiger charge is 2.44. The summed E-state index contributed by atoms with van der Waals surface area (Å²) in [7, 11) is 0. The minimum absolute atomic E-state index is 0.0500. The first-order chi connectivity index (χ1) is 17.9. The highest BCUT2D eigenvalue weighted by molar-refractivity contribution is 6.30. The van der Waals surface area contributed by atoms with Crippen molar-refractivity contribution in [1.82, 2.24) is 21.3 Å². The Morgan fingerprint density at radius 1 is 0.947 bits per heavy atom. The van der Waals surface area contributed by atoms with Gasteiger partial charge in [0.15, 0.2) is 5.78 Å². The molecule has 1 aliphatic carbocycles. The van der Waals surface area contributed by atoms with Crippen LogP contribution in [0.1, 0.15) is 74.5 Å². The first-order valence-electron chi connectivity index (χ1n) is 13.0. The molecule has 1 fully saturated rings. The summed E-state index contributed by atoms with van der Waals surface area (Å²) in [5, 5.41) is 12.5. The molecule has 1 aliphatic heterocycles. The minimum atomic E-state index is -1.09. The summed E-state index contributed by atoms with van der Waals surface area (Å²) in [6.45, 7) is 9.19. The number of fused-ring (bicyclic) bond motifs is 1. The van der Waals surface area contributed by atoms with Crippen molar-refractivity contribution < 1.29 is 19.2 Å². The lowest BCUT2D eigenvalue weighted by atomic mass is 9.85. The number of Topliss-reactive ketones (excluding diaryl/α,β-unsaturated/α-hetero) is 1. The molecular formula is C29H35ClN4O4. The van der Waals surface area contributed by atoms with Crippen LogP contribution in [-0.2, 0) is 11.2 Å². The minimum Gasteiger partial charge on any atom is -0.352 e. The zero-order valence-electron chi connectivity index (χ0n) is 22.3. The third-order valence-electron chi connectivity index (χ3n) is 7.56. The molecule has 0 saturated carbocycles. The van der Waals surface area contributed by atoms with Crippen LogP contribution in [0.2, 0.25) is 5.02 Å². The number of ketones is 1. The van der Waals surface area contributed by atoms with Crippen molar-refractivity contribution in [3.8, 4) is 0 Å². The molecule has 0 unspecified atom stereocenters. The molecule has 2 aromatic rings. The molecule has 3 amide bonds. The van der Waals surface area contributed by atoms with E-state index in [0.717, 1.165) is 16.7 Å². The van der Waals surface area contributed by atoms with E-state index in [1.807, 2.05) is 33.8 Å². The monoisotopic (exact) mass is 538 g/mol. The summed E-state index contributed by atoms with van der Waals surface area (Å²) >= 11 is 5.87. The number of halogens is 1. The molecule has 0 bridgehead atoms. The number of aryl methyl sites for hydroxylation is 2. The molecule has 2 aromatic carbocycles. The Labute approximate surface area is 228 Å². The quantitative estimate of drug-likeness (QED) is 0.404. The molecule has 0 spiro atoms. The predicted octanol–water partition coefficient (Wildman–Crippen LogP) is 3.12. The van der Waals surface area contributed by atoms with Gasteiger partial charge in [-0.25, -0.2) is 0 Å². The van der Waals surface area contributed by atoms with E-state index in [2.05, 4.69) is 21.3 Å². The Bertz CT molecular complexity index is 1280. The molecular weight excluding hydrogens is 504 g/mol. The Morgan fingerprint density at radius 2 is 1.58 bits per heavy atom. The Morgan fingerprint density at radius 3 is 2.24 bits per heavy atom. The molecule has 8 nitrogen and oxygen atoms in total. The van der Waals surface area contributed by atoms with Crippen LogP contribution in [0.4, 0.5) is 0 Å². The average Bonchev–Trinajstić information content (AvgIpc) is 3.10. The number of nitrogens with one attached hydrogen (secondary N) is 4. The van der Waals surface area contributed by atoms with Crippen LogP contribution in [0.5, 0.6) is 0 Å². The second-order valence-electron chi connectivity index (χ2n) is 10.9. The molecule has 202 valence electrons. The summed E-state index contributed by atoms with van der Waals surface area (Å²) in [5.41, 5.74) is 2.37. The molecule has 0 radical (unpaired) electrons. The number of carbonyl (C=O) groups excluding carboxylic acids is 4. The van der Waals surface area contributed by atoms with Gasteiger partial charge in [-0.15, -0.1) is 0 Å². The van der Waals surface area contributed by atoms with Crippen molar-refractivity contribution in [2.45, 2.75) is 52.5 Å². The fourth-order valence-corrected chi connectivity index (χ4v) is 5.63. The van der Waals surface area contributed by atoms with E-state index < -0.39 is 11.0 Å². The van der Waals surface area contributed by atoms with Gasteiger partial charge in [0, 0.05) is 40.2 Å². The molecule has 4 N–H and O–H groups in total. The van der Waals surface area contributed by atoms with Gasteiger partial charge in [-0.2, -0.15) is 0 Å². The van der Waals surface area contributed by atoms with E-state index in [0.29, 0.717) is 54.1 Å². The van der Waals surface area contributed by atoms with Gasteiger partial charge >= 0.3 is 0 Å². The number of amides is 3. The van der Waals surface area contributed by atoms with Crippen molar-refractivity contribution in [1.29, 1.82) is 0 Å². The molecule has 9 heteroatoms. The lowest BCUT2D eigenvalue weighted by Crippen LogP contribution is -2.63. The van der Waals surface area contributed by atoms with Gasteiger partial charge in [-0.3, -0.25) is 19.2 Å². The SMILES string of the molecule is Cc1cc(C)c2c(c1C(=O)NC1(C(=O)NCCNC(=O)c3ccc(Cl)cc3)CCNCC1)CC(C)(C)C2=O. The molecule has 4 rings (SSSR count). The summed E-state index contributed by atoms with van der Waals surface area (Å²) < 4.78 is 0. The lowest BCUT2D eigenvalue weighted by Gasteiger charge is -2.37. The van der Waals surface area contributed by atoms with Crippen LogP contribution in [-0.4, -0.2) is 55.2 Å². The summed E-state index contributed by atoms with van der Waals surface area (Å²) in [4.78, 5) is 52.6. The molecule has 1 saturated heterocycles. The van der Waals surface area contributed by atoms with Crippen molar-refractivity contribution >= 4 is 35.1 Å². The van der Waals surface area contributed by atoms with E-state index in [1.165, 1.54) is 0 Å². The topological polar surface area (TPSA) is 116 Å². The van der Waals surface area contributed by atoms with E-state index in [9.17, 15) is 19.2 Å². The van der Waals surface area contributed by atoms with E-state index in [1.54, 1.807) is 24.3 Å². The normalized spacial score (nSPS) is 17.4. The zero-order chi connectivity index (χ0) is 27.7. The number of rotatable bonds is 7. The van der Waals surface area contributed by atoms with Crippen molar-refractivity contribution in [2.75, 3.05) is 26.2 Å². The molecule has 1 heterocycles. The van der Waals surface area contributed by atoms with Gasteiger partial charge in [0.05, 0.1) is 0 Å². The molecule has 0 atom stereocenters. The highest BCUT2D eigenvalue weighted by Crippen LogP contribution is 2.40. The van der Waals surface area contributed by atoms with Gasteiger partial charge in [0.1, 0.15) is 5.54 Å². The summed E-state index contributed by atoms with van der Waals surface area (Å²) in [6, 6.07) is 8.43. The number of carbonyl (C=O) groups is 4. The predicted molar refractivity (Wildman–Crippen MR) is 147 cm³/mol. The van der Waals surface area contributed by atoms with Crippen molar-refractivity contribution in [3.05, 3.63) is 68.7 Å². The number of benzene rings is 2. The maximum atomic E-state index is 13.7. The van der Waals surface area contributed by atoms with Crippen LogP contribution in [0.25, 0.3) is 0 Å². The van der Waals surface area contributed by atoms with Crippen LogP contribution in [0.15, 0.2) is 30.3 Å². The molecule has 38 heavy (non-hydrogen) atoms. The van der Waals surface area contributed by atoms with Gasteiger partial charge < -0.3 is 21.3 Å². The second-order valence-corrected chi connectivity index (χ2v) is 11.4. The van der Waals surface area contributed by atoms with Crippen LogP contribution < -0.4 is 21.3 Å². The van der Waals surface area contributed by atoms with Crippen LogP contribution >= 0.6 is 11.6 Å². The fourth-order valence-electron chi connectivity index (χ4n) is 5.51. The number of piperidine rings is 1. The first-order valence-corrected chi connectivity index (χ1v) is 13.4. The van der Waals surface area contributed by atoms with E-state index >= 15 is 0 Å². The lowest BCUT2D eigenvalue weighted by molar-refractivity contribution is -0.128. The van der Waals surface area contributed by atoms with Gasteiger partial charge in [-0.05, 0) is 87.2 Å². The van der Waals surface area contributed by atoms with Crippen LogP contribution in [0.3, 0.4) is 0 Å². The largest absolute Gasteiger partial charge is 0.352 e. The van der Waals surface area contributed by atoms with Gasteiger partial charge in [0.25, 0.3) is 11.8 Å². The zero-order valence-corrected chi connectivity index (χ0v) is 23.1. The maximum absolute atomic E-state index is 13.7.